The normalized spacial score (nSPS) is 16.5. The number of amides is 1. The lowest BCUT2D eigenvalue weighted by atomic mass is 9.99. The number of hydrogen-bond donors (Lipinski definition) is 0. The van der Waals surface area contributed by atoms with Crippen LogP contribution < -0.4 is 0 Å². The van der Waals surface area contributed by atoms with Crippen molar-refractivity contribution in [1.29, 1.82) is 0 Å². The molecule has 1 aliphatic rings. The van der Waals surface area contributed by atoms with Crippen molar-refractivity contribution in [3.05, 3.63) is 59.4 Å². The lowest BCUT2D eigenvalue weighted by Crippen LogP contribution is -2.31. The molecule has 0 saturated carbocycles. The van der Waals surface area contributed by atoms with Gasteiger partial charge in [0.15, 0.2) is 0 Å². The van der Waals surface area contributed by atoms with Gasteiger partial charge in [-0.15, -0.1) is 0 Å². The zero-order valence-electron chi connectivity index (χ0n) is 21.2. The van der Waals surface area contributed by atoms with E-state index in [4.69, 9.17) is 4.98 Å². The standard InChI is InChI=1S/C27H36N4O3S/c1-5-6-17-30-25-14-13-21(35(33,34)29(3)4)19-23(25)28-26(30)15-16-27(32)31-18-9-12-24(31)22-11-8-7-10-20(22)2/h7-8,10-11,13-14,19,24H,5-6,9,12,15-18H2,1-4H3. The highest BCUT2D eigenvalue weighted by molar-refractivity contribution is 7.89. The minimum absolute atomic E-state index is 0.140. The van der Waals surface area contributed by atoms with Crippen molar-refractivity contribution in [3.63, 3.8) is 0 Å². The minimum Gasteiger partial charge on any atom is -0.336 e. The molecule has 0 spiro atoms. The Morgan fingerprint density at radius 2 is 1.94 bits per heavy atom. The highest BCUT2D eigenvalue weighted by Gasteiger charge is 2.30. The molecule has 1 aliphatic heterocycles. The van der Waals surface area contributed by atoms with E-state index in [1.807, 2.05) is 23.1 Å². The van der Waals surface area contributed by atoms with E-state index in [2.05, 4.69) is 30.5 Å². The average Bonchev–Trinajstić information content (AvgIpc) is 3.45. The Hall–Kier alpha value is -2.71. The van der Waals surface area contributed by atoms with E-state index >= 15 is 0 Å². The molecule has 1 aromatic heterocycles. The Morgan fingerprint density at radius 3 is 2.66 bits per heavy atom. The van der Waals surface area contributed by atoms with Crippen molar-refractivity contribution in [1.82, 2.24) is 18.8 Å². The zero-order valence-corrected chi connectivity index (χ0v) is 22.0. The summed E-state index contributed by atoms with van der Waals surface area (Å²) in [5, 5.41) is 0. The van der Waals surface area contributed by atoms with Crippen molar-refractivity contribution >= 4 is 27.0 Å². The van der Waals surface area contributed by atoms with E-state index in [-0.39, 0.29) is 16.8 Å². The van der Waals surface area contributed by atoms with Gasteiger partial charge in [0.2, 0.25) is 15.9 Å². The Balaban J connectivity index is 1.58. The van der Waals surface area contributed by atoms with Gasteiger partial charge in [-0.2, -0.15) is 0 Å². The number of aromatic nitrogens is 2. The van der Waals surface area contributed by atoms with Gasteiger partial charge in [0, 0.05) is 40.0 Å². The van der Waals surface area contributed by atoms with Crippen molar-refractivity contribution in [3.8, 4) is 0 Å². The van der Waals surface area contributed by atoms with Crippen LogP contribution in [0.1, 0.15) is 62.0 Å². The van der Waals surface area contributed by atoms with Crippen LogP contribution in [0.3, 0.4) is 0 Å². The molecule has 1 unspecified atom stereocenters. The summed E-state index contributed by atoms with van der Waals surface area (Å²) >= 11 is 0. The summed E-state index contributed by atoms with van der Waals surface area (Å²) in [6.45, 7) is 5.84. The predicted molar refractivity (Wildman–Crippen MR) is 139 cm³/mol. The first-order chi connectivity index (χ1) is 16.7. The van der Waals surface area contributed by atoms with Crippen LogP contribution in [0.2, 0.25) is 0 Å². The summed E-state index contributed by atoms with van der Waals surface area (Å²) in [5.74, 6) is 0.994. The van der Waals surface area contributed by atoms with Crippen molar-refractivity contribution in [2.24, 2.45) is 0 Å². The summed E-state index contributed by atoms with van der Waals surface area (Å²) in [7, 11) is -0.485. The summed E-state index contributed by atoms with van der Waals surface area (Å²) < 4.78 is 28.6. The molecule has 0 N–H and O–H groups in total. The van der Waals surface area contributed by atoms with Gasteiger partial charge >= 0.3 is 0 Å². The van der Waals surface area contributed by atoms with E-state index in [9.17, 15) is 13.2 Å². The first-order valence-electron chi connectivity index (χ1n) is 12.5. The number of aryl methyl sites for hydroxylation is 3. The fourth-order valence-corrected chi connectivity index (χ4v) is 5.92. The molecule has 4 rings (SSSR count). The lowest BCUT2D eigenvalue weighted by molar-refractivity contribution is -0.132. The Labute approximate surface area is 208 Å². The first kappa shape index (κ1) is 25.4. The second-order valence-corrected chi connectivity index (χ2v) is 11.7. The second-order valence-electron chi connectivity index (χ2n) is 9.57. The van der Waals surface area contributed by atoms with Crippen molar-refractivity contribution in [2.45, 2.75) is 69.9 Å². The molecule has 1 fully saturated rings. The second kappa shape index (κ2) is 10.5. The number of fused-ring (bicyclic) bond motifs is 1. The fraction of sp³-hybridized carbons (Fsp3) is 0.481. The quantitative estimate of drug-likeness (QED) is 0.431. The molecular formula is C27H36N4O3S. The first-order valence-corrected chi connectivity index (χ1v) is 13.9. The summed E-state index contributed by atoms with van der Waals surface area (Å²) in [5.41, 5.74) is 4.04. The molecule has 3 aromatic rings. The van der Waals surface area contributed by atoms with Gasteiger partial charge in [-0.25, -0.2) is 17.7 Å². The number of nitrogens with zero attached hydrogens (tertiary/aromatic N) is 4. The highest BCUT2D eigenvalue weighted by atomic mass is 32.2. The third kappa shape index (κ3) is 5.14. The highest BCUT2D eigenvalue weighted by Crippen LogP contribution is 2.34. The molecule has 1 atom stereocenters. The smallest absolute Gasteiger partial charge is 0.242 e. The number of carbonyl (C=O) groups is 1. The SMILES string of the molecule is CCCCn1c(CCC(=O)N2CCCC2c2ccccc2C)nc2cc(S(=O)(=O)N(C)C)ccc21. The van der Waals surface area contributed by atoms with Crippen LogP contribution in [0.15, 0.2) is 47.4 Å². The monoisotopic (exact) mass is 496 g/mol. The number of imidazole rings is 1. The van der Waals surface area contributed by atoms with Crippen LogP contribution in [-0.2, 0) is 27.8 Å². The van der Waals surface area contributed by atoms with Crippen LogP contribution in [-0.4, -0.2) is 53.7 Å². The number of likely N-dealkylation sites (tertiary alicyclic amines) is 1. The minimum atomic E-state index is -3.54. The van der Waals surface area contributed by atoms with Crippen molar-refractivity contribution in [2.75, 3.05) is 20.6 Å². The fourth-order valence-electron chi connectivity index (χ4n) is 5.00. The largest absolute Gasteiger partial charge is 0.336 e. The van der Waals surface area contributed by atoms with Gasteiger partial charge in [0.05, 0.1) is 22.0 Å². The molecule has 188 valence electrons. The van der Waals surface area contributed by atoms with E-state index in [1.165, 1.54) is 29.5 Å². The molecular weight excluding hydrogens is 460 g/mol. The van der Waals surface area contributed by atoms with Gasteiger partial charge in [-0.3, -0.25) is 4.79 Å². The molecule has 35 heavy (non-hydrogen) atoms. The molecule has 1 amide bonds. The Bertz CT molecular complexity index is 1310. The molecule has 7 nitrogen and oxygen atoms in total. The maximum atomic E-state index is 13.3. The van der Waals surface area contributed by atoms with Crippen LogP contribution >= 0.6 is 0 Å². The molecule has 0 radical (unpaired) electrons. The third-order valence-corrected chi connectivity index (χ3v) is 8.81. The van der Waals surface area contributed by atoms with E-state index in [0.717, 1.165) is 50.1 Å². The molecule has 1 saturated heterocycles. The maximum Gasteiger partial charge on any atom is 0.242 e. The Kier molecular flexibility index (Phi) is 7.62. The lowest BCUT2D eigenvalue weighted by Gasteiger charge is -2.26. The Morgan fingerprint density at radius 1 is 1.17 bits per heavy atom. The molecule has 2 aromatic carbocycles. The van der Waals surface area contributed by atoms with Gasteiger partial charge in [0.25, 0.3) is 0 Å². The number of unbranched alkanes of at least 4 members (excludes halogenated alkanes) is 1. The van der Waals surface area contributed by atoms with E-state index in [1.54, 1.807) is 12.1 Å². The topological polar surface area (TPSA) is 75.5 Å². The zero-order chi connectivity index (χ0) is 25.2. The molecule has 8 heteroatoms. The van der Waals surface area contributed by atoms with Gasteiger partial charge in [-0.05, 0) is 55.5 Å². The maximum absolute atomic E-state index is 13.3. The third-order valence-electron chi connectivity index (χ3n) is 7.00. The average molecular weight is 497 g/mol. The number of sulfonamides is 1. The number of benzene rings is 2. The number of hydrogen-bond acceptors (Lipinski definition) is 4. The molecule has 2 heterocycles. The number of rotatable bonds is 9. The summed E-state index contributed by atoms with van der Waals surface area (Å²) in [4.78, 5) is 20.4. The predicted octanol–water partition coefficient (Wildman–Crippen LogP) is 4.69. The van der Waals surface area contributed by atoms with Crippen LogP contribution in [0.4, 0.5) is 0 Å². The molecule has 0 aliphatic carbocycles. The van der Waals surface area contributed by atoms with Crippen LogP contribution in [0.25, 0.3) is 11.0 Å². The van der Waals surface area contributed by atoms with Gasteiger partial charge < -0.3 is 9.47 Å². The van der Waals surface area contributed by atoms with E-state index in [0.29, 0.717) is 18.4 Å². The van der Waals surface area contributed by atoms with Gasteiger partial charge in [-0.1, -0.05) is 37.6 Å². The summed E-state index contributed by atoms with van der Waals surface area (Å²) in [6.07, 6.45) is 4.96. The number of carbonyl (C=O) groups excluding carboxylic acids is 1. The van der Waals surface area contributed by atoms with Gasteiger partial charge in [0.1, 0.15) is 5.82 Å². The summed E-state index contributed by atoms with van der Waals surface area (Å²) in [6, 6.07) is 13.6. The van der Waals surface area contributed by atoms with Crippen LogP contribution in [0, 0.1) is 6.92 Å². The van der Waals surface area contributed by atoms with E-state index < -0.39 is 10.0 Å². The van der Waals surface area contributed by atoms with Crippen molar-refractivity contribution < 1.29 is 13.2 Å². The molecule has 0 bridgehead atoms. The van der Waals surface area contributed by atoms with Crippen LogP contribution in [0.5, 0.6) is 0 Å².